The Hall–Kier alpha value is -2.00. The van der Waals surface area contributed by atoms with Gasteiger partial charge in [-0.2, -0.15) is 0 Å². The van der Waals surface area contributed by atoms with Gasteiger partial charge in [-0.15, -0.1) is 5.92 Å². The maximum Gasteiger partial charge on any atom is 0.0303 e. The summed E-state index contributed by atoms with van der Waals surface area (Å²) >= 11 is 0. The molecule has 2 aromatic carbocycles. The third kappa shape index (κ3) is 9.36. The van der Waals surface area contributed by atoms with Crippen LogP contribution < -0.4 is 0 Å². The summed E-state index contributed by atoms with van der Waals surface area (Å²) in [6.45, 7) is 18.9. The van der Waals surface area contributed by atoms with Crippen LogP contribution in [0.1, 0.15) is 96.4 Å². The molecular formula is C29H44. The maximum absolute atomic E-state index is 3.22. The molecule has 29 heavy (non-hydrogen) atoms. The summed E-state index contributed by atoms with van der Waals surface area (Å²) in [5.41, 5.74) is 7.74. The van der Waals surface area contributed by atoms with Gasteiger partial charge in [0.05, 0.1) is 0 Å². The Balaban J connectivity index is 0.00000184. The molecule has 0 aliphatic rings. The first-order valence-corrected chi connectivity index (χ1v) is 11.7. The Morgan fingerprint density at radius 1 is 0.828 bits per heavy atom. The molecule has 0 aliphatic carbocycles. The van der Waals surface area contributed by atoms with E-state index in [1.807, 2.05) is 34.6 Å². The molecule has 0 aromatic heterocycles. The lowest BCUT2D eigenvalue weighted by Crippen LogP contribution is -1.95. The van der Waals surface area contributed by atoms with Crippen LogP contribution in [0.4, 0.5) is 0 Å². The first-order chi connectivity index (χ1) is 14.0. The minimum absolute atomic E-state index is 0.861. The number of benzene rings is 2. The molecule has 2 rings (SSSR count). The predicted octanol–water partition coefficient (Wildman–Crippen LogP) is 9.15. The number of hydrogen-bond acceptors (Lipinski definition) is 0. The van der Waals surface area contributed by atoms with Crippen LogP contribution in [0, 0.1) is 31.6 Å². The van der Waals surface area contributed by atoms with E-state index in [0.29, 0.717) is 0 Å². The fourth-order valence-electron chi connectivity index (χ4n) is 3.61. The van der Waals surface area contributed by atoms with Crippen LogP contribution in [-0.2, 0) is 6.42 Å². The molecule has 2 aromatic rings. The molecule has 0 bridgehead atoms. The van der Waals surface area contributed by atoms with E-state index in [-0.39, 0.29) is 0 Å². The van der Waals surface area contributed by atoms with Crippen LogP contribution in [0.3, 0.4) is 0 Å². The van der Waals surface area contributed by atoms with Gasteiger partial charge < -0.3 is 0 Å². The van der Waals surface area contributed by atoms with E-state index in [4.69, 9.17) is 0 Å². The first kappa shape index (κ1) is 27.0. The zero-order valence-corrected chi connectivity index (χ0v) is 20.6. The van der Waals surface area contributed by atoms with Crippen molar-refractivity contribution in [2.75, 3.05) is 0 Å². The minimum atomic E-state index is 0.861. The van der Waals surface area contributed by atoms with E-state index in [1.54, 1.807) is 0 Å². The van der Waals surface area contributed by atoms with Gasteiger partial charge >= 0.3 is 0 Å². The van der Waals surface area contributed by atoms with Crippen molar-refractivity contribution >= 4 is 0 Å². The Morgan fingerprint density at radius 3 is 1.86 bits per heavy atom. The van der Waals surface area contributed by atoms with Crippen molar-refractivity contribution in [2.24, 2.45) is 5.92 Å². The van der Waals surface area contributed by atoms with Gasteiger partial charge in [0.15, 0.2) is 0 Å². The highest BCUT2D eigenvalue weighted by atomic mass is 14.1. The predicted molar refractivity (Wildman–Crippen MR) is 134 cm³/mol. The quantitative estimate of drug-likeness (QED) is 0.412. The van der Waals surface area contributed by atoms with Crippen molar-refractivity contribution in [1.82, 2.24) is 0 Å². The molecule has 0 radical (unpaired) electrons. The number of aryl methyl sites for hydroxylation is 3. The van der Waals surface area contributed by atoms with E-state index in [9.17, 15) is 0 Å². The van der Waals surface area contributed by atoms with Gasteiger partial charge in [-0.25, -0.2) is 0 Å². The summed E-state index contributed by atoms with van der Waals surface area (Å²) < 4.78 is 0. The summed E-state index contributed by atoms with van der Waals surface area (Å²) in [6, 6.07) is 13.6. The van der Waals surface area contributed by atoms with Crippen molar-refractivity contribution in [3.05, 3.63) is 58.7 Å². The van der Waals surface area contributed by atoms with Crippen molar-refractivity contribution in [3.63, 3.8) is 0 Å². The molecule has 0 amide bonds. The smallest absolute Gasteiger partial charge is 0.0303 e. The van der Waals surface area contributed by atoms with Gasteiger partial charge in [0, 0.05) is 5.56 Å². The highest BCUT2D eigenvalue weighted by molar-refractivity contribution is 5.68. The van der Waals surface area contributed by atoms with Gasteiger partial charge in [0.1, 0.15) is 0 Å². The zero-order valence-electron chi connectivity index (χ0n) is 20.6. The lowest BCUT2D eigenvalue weighted by molar-refractivity contribution is 0.469. The molecule has 0 aliphatic heterocycles. The Kier molecular flexibility index (Phi) is 14.8. The molecule has 0 fully saturated rings. The summed E-state index contributed by atoms with van der Waals surface area (Å²) in [6.07, 6.45) is 6.49. The summed E-state index contributed by atoms with van der Waals surface area (Å²) in [5, 5.41) is 0. The fraction of sp³-hybridized carbons (Fsp3) is 0.517. The van der Waals surface area contributed by atoms with E-state index >= 15 is 0 Å². The molecule has 0 saturated heterocycles. The summed E-state index contributed by atoms with van der Waals surface area (Å²) in [4.78, 5) is 0. The summed E-state index contributed by atoms with van der Waals surface area (Å²) in [5.74, 6) is 7.10. The van der Waals surface area contributed by atoms with Crippen LogP contribution in [-0.4, -0.2) is 0 Å². The molecule has 0 N–H and O–H groups in total. The fourth-order valence-corrected chi connectivity index (χ4v) is 3.61. The topological polar surface area (TPSA) is 0 Å². The number of hydrogen-bond donors (Lipinski definition) is 0. The first-order valence-electron chi connectivity index (χ1n) is 11.7. The van der Waals surface area contributed by atoms with Gasteiger partial charge in [0.2, 0.25) is 0 Å². The van der Waals surface area contributed by atoms with Crippen LogP contribution in [0.2, 0.25) is 0 Å². The normalized spacial score (nSPS) is 10.5. The molecule has 0 saturated carbocycles. The van der Waals surface area contributed by atoms with E-state index < -0.39 is 0 Å². The third-order valence-corrected chi connectivity index (χ3v) is 5.01. The molecule has 0 spiro atoms. The highest BCUT2D eigenvalue weighted by Gasteiger charge is 2.06. The molecule has 0 heteroatoms. The highest BCUT2D eigenvalue weighted by Crippen LogP contribution is 2.26. The lowest BCUT2D eigenvalue weighted by atomic mass is 9.94. The Bertz CT molecular complexity index is 715. The SMILES string of the molecule is CC.CC.CC#Cc1c(C)cc(-c2ccc(CCCC(C)CCC)cc2)cc1C. The second-order valence-electron chi connectivity index (χ2n) is 7.34. The van der Waals surface area contributed by atoms with E-state index in [0.717, 1.165) is 5.92 Å². The molecule has 0 nitrogen and oxygen atoms in total. The standard InChI is InChI=1S/C25H32.2C2H6/c1-6-9-19(3)11-8-12-22-13-15-23(16-14-22)24-17-20(4)25(10-7-2)21(5)18-24;2*1-2/h13-19H,6,8-9,11-12H2,1-5H3;2*1-2H3. The number of rotatable bonds is 7. The van der Waals surface area contributed by atoms with Gasteiger partial charge in [-0.05, 0) is 67.3 Å². The Morgan fingerprint density at radius 2 is 1.38 bits per heavy atom. The summed E-state index contributed by atoms with van der Waals surface area (Å²) in [7, 11) is 0. The monoisotopic (exact) mass is 392 g/mol. The maximum atomic E-state index is 3.22. The van der Waals surface area contributed by atoms with Crippen molar-refractivity contribution in [1.29, 1.82) is 0 Å². The van der Waals surface area contributed by atoms with Crippen LogP contribution in [0.5, 0.6) is 0 Å². The van der Waals surface area contributed by atoms with Crippen molar-refractivity contribution in [2.45, 2.75) is 94.4 Å². The molecule has 1 atom stereocenters. The van der Waals surface area contributed by atoms with Crippen molar-refractivity contribution in [3.8, 4) is 23.0 Å². The Labute approximate surface area is 182 Å². The van der Waals surface area contributed by atoms with E-state index in [2.05, 4.69) is 75.9 Å². The second-order valence-corrected chi connectivity index (χ2v) is 7.34. The van der Waals surface area contributed by atoms with Gasteiger partial charge in [-0.3, -0.25) is 0 Å². The third-order valence-electron chi connectivity index (χ3n) is 5.01. The van der Waals surface area contributed by atoms with Crippen LogP contribution >= 0.6 is 0 Å². The van der Waals surface area contributed by atoms with Crippen LogP contribution in [0.25, 0.3) is 11.1 Å². The van der Waals surface area contributed by atoms with Gasteiger partial charge in [0.25, 0.3) is 0 Å². The molecular weight excluding hydrogens is 348 g/mol. The molecule has 1 unspecified atom stereocenters. The largest absolute Gasteiger partial charge is 0.101 e. The average molecular weight is 393 g/mol. The minimum Gasteiger partial charge on any atom is -0.101 e. The molecule has 0 heterocycles. The van der Waals surface area contributed by atoms with Gasteiger partial charge in [-0.1, -0.05) is 103 Å². The van der Waals surface area contributed by atoms with Crippen LogP contribution in [0.15, 0.2) is 36.4 Å². The van der Waals surface area contributed by atoms with Crippen molar-refractivity contribution < 1.29 is 0 Å². The molecule has 160 valence electrons. The lowest BCUT2D eigenvalue weighted by Gasteiger charge is -2.11. The van der Waals surface area contributed by atoms with E-state index in [1.165, 1.54) is 65.5 Å². The zero-order chi connectivity index (χ0) is 22.2. The average Bonchev–Trinajstić information content (AvgIpc) is 2.74. The second kappa shape index (κ2) is 15.9.